The second-order valence-corrected chi connectivity index (χ2v) is 9.89. The number of benzene rings is 2. The molecule has 0 aromatic heterocycles. The van der Waals surface area contributed by atoms with E-state index in [1.165, 1.54) is 4.31 Å². The number of carbonyl (C=O) groups is 1. The molecule has 2 aromatic carbocycles. The number of sulfonamides is 1. The number of nitrogens with zero attached hydrogens (tertiary/aromatic N) is 1. The fourth-order valence-electron chi connectivity index (χ4n) is 2.75. The van der Waals surface area contributed by atoms with E-state index in [2.05, 4.69) is 5.32 Å². The van der Waals surface area contributed by atoms with Crippen LogP contribution < -0.4 is 14.4 Å². The van der Waals surface area contributed by atoms with Crippen LogP contribution >= 0.6 is 23.4 Å². The van der Waals surface area contributed by atoms with Crippen molar-refractivity contribution in [3.8, 4) is 5.75 Å². The smallest absolute Gasteiger partial charge is 0.263 e. The predicted molar refractivity (Wildman–Crippen MR) is 113 cm³/mol. The monoisotopic (exact) mass is 440 g/mol. The highest BCUT2D eigenvalue weighted by atomic mass is 35.5. The Bertz CT molecular complexity index is 935. The van der Waals surface area contributed by atoms with Crippen LogP contribution in [0.5, 0.6) is 5.75 Å². The van der Waals surface area contributed by atoms with Gasteiger partial charge in [0.1, 0.15) is 5.75 Å². The topological polar surface area (TPSA) is 75.7 Å². The number of hydrogen-bond acceptors (Lipinski definition) is 5. The van der Waals surface area contributed by atoms with Gasteiger partial charge in [-0.25, -0.2) is 8.42 Å². The molecule has 0 bridgehead atoms. The standard InChI is InChI=1S/C19H21ClN2O4S2/c1-2-28(24,25)22-13-18(26-17-6-4-3-5-16(17)22)19(23)21-11-12-27-15-9-7-14(20)8-10-15/h3-10,18H,2,11-13H2,1H3,(H,21,23). The first-order chi connectivity index (χ1) is 13.4. The van der Waals surface area contributed by atoms with E-state index in [0.29, 0.717) is 28.8 Å². The Morgan fingerprint density at radius 1 is 1.25 bits per heavy atom. The Hall–Kier alpha value is -1.90. The van der Waals surface area contributed by atoms with E-state index in [0.717, 1.165) is 4.90 Å². The van der Waals surface area contributed by atoms with Crippen LogP contribution in [0.15, 0.2) is 53.4 Å². The number of para-hydroxylation sites is 2. The molecular formula is C19H21ClN2O4S2. The zero-order valence-electron chi connectivity index (χ0n) is 15.3. The molecular weight excluding hydrogens is 420 g/mol. The van der Waals surface area contributed by atoms with Crippen LogP contribution in [0.25, 0.3) is 0 Å². The molecule has 1 atom stereocenters. The molecule has 28 heavy (non-hydrogen) atoms. The van der Waals surface area contributed by atoms with Gasteiger partial charge in [-0.3, -0.25) is 9.10 Å². The lowest BCUT2D eigenvalue weighted by molar-refractivity contribution is -0.127. The van der Waals surface area contributed by atoms with Gasteiger partial charge in [0, 0.05) is 22.2 Å². The summed E-state index contributed by atoms with van der Waals surface area (Å²) >= 11 is 7.46. The molecule has 0 saturated heterocycles. The number of amides is 1. The molecule has 1 unspecified atom stereocenters. The number of hydrogen-bond donors (Lipinski definition) is 1. The van der Waals surface area contributed by atoms with Crippen LogP contribution in [0.3, 0.4) is 0 Å². The molecule has 0 fully saturated rings. The van der Waals surface area contributed by atoms with Crippen molar-refractivity contribution in [2.75, 3.05) is 28.9 Å². The van der Waals surface area contributed by atoms with Crippen molar-refractivity contribution in [3.05, 3.63) is 53.6 Å². The van der Waals surface area contributed by atoms with Crippen molar-refractivity contribution in [2.45, 2.75) is 17.9 Å². The summed E-state index contributed by atoms with van der Waals surface area (Å²) in [6, 6.07) is 14.3. The quantitative estimate of drug-likeness (QED) is 0.528. The van der Waals surface area contributed by atoms with Crippen LogP contribution in [-0.2, 0) is 14.8 Å². The number of fused-ring (bicyclic) bond motifs is 1. The number of nitrogens with one attached hydrogen (secondary N) is 1. The number of carbonyl (C=O) groups excluding carboxylic acids is 1. The maximum Gasteiger partial charge on any atom is 0.263 e. The maximum absolute atomic E-state index is 12.5. The summed E-state index contributed by atoms with van der Waals surface area (Å²) in [7, 11) is -3.51. The van der Waals surface area contributed by atoms with Crippen molar-refractivity contribution in [2.24, 2.45) is 0 Å². The van der Waals surface area contributed by atoms with Crippen LogP contribution in [0.2, 0.25) is 5.02 Å². The highest BCUT2D eigenvalue weighted by Gasteiger charge is 2.35. The lowest BCUT2D eigenvalue weighted by Gasteiger charge is -2.34. The third-order valence-corrected chi connectivity index (χ3v) is 7.22. The highest BCUT2D eigenvalue weighted by molar-refractivity contribution is 7.99. The van der Waals surface area contributed by atoms with Crippen molar-refractivity contribution in [3.63, 3.8) is 0 Å². The van der Waals surface area contributed by atoms with Gasteiger partial charge in [-0.05, 0) is 43.3 Å². The number of ether oxygens (including phenoxy) is 1. The van der Waals surface area contributed by atoms with Gasteiger partial charge >= 0.3 is 0 Å². The number of anilines is 1. The largest absolute Gasteiger partial charge is 0.476 e. The minimum atomic E-state index is -3.51. The van der Waals surface area contributed by atoms with Gasteiger partial charge in [0.25, 0.3) is 5.91 Å². The van der Waals surface area contributed by atoms with Crippen LogP contribution in [0.1, 0.15) is 6.92 Å². The van der Waals surface area contributed by atoms with E-state index in [9.17, 15) is 13.2 Å². The molecule has 1 aliphatic rings. The van der Waals surface area contributed by atoms with Gasteiger partial charge in [-0.2, -0.15) is 0 Å². The van der Waals surface area contributed by atoms with Gasteiger partial charge < -0.3 is 10.1 Å². The molecule has 1 N–H and O–H groups in total. The molecule has 1 aliphatic heterocycles. The lowest BCUT2D eigenvalue weighted by atomic mass is 10.2. The molecule has 1 amide bonds. The summed E-state index contributed by atoms with van der Waals surface area (Å²) in [5, 5.41) is 3.50. The van der Waals surface area contributed by atoms with Crippen LogP contribution in [0, 0.1) is 0 Å². The summed E-state index contributed by atoms with van der Waals surface area (Å²) < 4.78 is 31.9. The Labute approximate surface area is 174 Å². The fraction of sp³-hybridized carbons (Fsp3) is 0.316. The Morgan fingerprint density at radius 2 is 1.96 bits per heavy atom. The second kappa shape index (κ2) is 9.07. The lowest BCUT2D eigenvalue weighted by Crippen LogP contribution is -2.51. The average Bonchev–Trinajstić information content (AvgIpc) is 2.71. The average molecular weight is 441 g/mol. The first kappa shape index (κ1) is 20.8. The molecule has 2 aromatic rings. The molecule has 3 rings (SSSR count). The Morgan fingerprint density at radius 3 is 2.68 bits per heavy atom. The molecule has 6 nitrogen and oxygen atoms in total. The summed E-state index contributed by atoms with van der Waals surface area (Å²) in [6.07, 6.45) is -0.892. The summed E-state index contributed by atoms with van der Waals surface area (Å²) in [5.74, 6) is 0.685. The van der Waals surface area contributed by atoms with E-state index >= 15 is 0 Å². The SMILES string of the molecule is CCS(=O)(=O)N1CC(C(=O)NCCSc2ccc(Cl)cc2)Oc2ccccc21. The third kappa shape index (κ3) is 4.92. The van der Waals surface area contributed by atoms with E-state index in [1.807, 2.05) is 24.3 Å². The van der Waals surface area contributed by atoms with Gasteiger partial charge in [0.05, 0.1) is 18.0 Å². The van der Waals surface area contributed by atoms with E-state index < -0.39 is 16.1 Å². The van der Waals surface area contributed by atoms with Crippen molar-refractivity contribution in [1.82, 2.24) is 5.32 Å². The molecule has 150 valence electrons. The van der Waals surface area contributed by atoms with E-state index in [4.69, 9.17) is 16.3 Å². The second-order valence-electron chi connectivity index (χ2n) is 6.10. The van der Waals surface area contributed by atoms with Crippen molar-refractivity contribution >= 4 is 45.0 Å². The van der Waals surface area contributed by atoms with Gasteiger partial charge in [0.15, 0.2) is 6.10 Å². The third-order valence-electron chi connectivity index (χ3n) is 4.21. The Kier molecular flexibility index (Phi) is 6.74. The molecule has 9 heteroatoms. The van der Waals surface area contributed by atoms with Crippen molar-refractivity contribution in [1.29, 1.82) is 0 Å². The maximum atomic E-state index is 12.5. The first-order valence-corrected chi connectivity index (χ1v) is 11.8. The van der Waals surface area contributed by atoms with Gasteiger partial charge in [-0.15, -0.1) is 11.8 Å². The number of thioether (sulfide) groups is 1. The Balaban J connectivity index is 1.60. The van der Waals surface area contributed by atoms with Gasteiger partial charge in [0.2, 0.25) is 10.0 Å². The van der Waals surface area contributed by atoms with Gasteiger partial charge in [-0.1, -0.05) is 23.7 Å². The van der Waals surface area contributed by atoms with Crippen molar-refractivity contribution < 1.29 is 17.9 Å². The minimum absolute atomic E-state index is 0.0383. The normalized spacial score (nSPS) is 16.2. The van der Waals surface area contributed by atoms with E-state index in [-0.39, 0.29) is 18.2 Å². The highest BCUT2D eigenvalue weighted by Crippen LogP contribution is 2.35. The van der Waals surface area contributed by atoms with E-state index in [1.54, 1.807) is 43.0 Å². The van der Waals surface area contributed by atoms with Crippen LogP contribution in [-0.4, -0.2) is 45.0 Å². The molecule has 0 radical (unpaired) electrons. The molecule has 0 aliphatic carbocycles. The molecule has 1 heterocycles. The summed E-state index contributed by atoms with van der Waals surface area (Å²) in [5.41, 5.74) is 0.465. The zero-order chi connectivity index (χ0) is 20.1. The predicted octanol–water partition coefficient (Wildman–Crippen LogP) is 3.17. The molecule has 0 saturated carbocycles. The number of halogens is 1. The number of rotatable bonds is 7. The summed E-state index contributed by atoms with van der Waals surface area (Å²) in [6.45, 7) is 1.98. The zero-order valence-corrected chi connectivity index (χ0v) is 17.7. The fourth-order valence-corrected chi connectivity index (χ4v) is 4.76. The minimum Gasteiger partial charge on any atom is -0.476 e. The van der Waals surface area contributed by atoms with Crippen LogP contribution in [0.4, 0.5) is 5.69 Å². The molecule has 0 spiro atoms. The first-order valence-electron chi connectivity index (χ1n) is 8.83. The summed E-state index contributed by atoms with van der Waals surface area (Å²) in [4.78, 5) is 13.6.